The fourth-order valence-corrected chi connectivity index (χ4v) is 2.66. The Labute approximate surface area is 129 Å². The highest BCUT2D eigenvalue weighted by Gasteiger charge is 2.14. The number of urea groups is 1. The van der Waals surface area contributed by atoms with E-state index in [9.17, 15) is 9.59 Å². The van der Waals surface area contributed by atoms with Crippen molar-refractivity contribution < 1.29 is 14.7 Å². The van der Waals surface area contributed by atoms with Crippen molar-refractivity contribution >= 4 is 23.3 Å². The Kier molecular flexibility index (Phi) is 6.61. The van der Waals surface area contributed by atoms with Gasteiger partial charge in [-0.2, -0.15) is 0 Å². The maximum atomic E-state index is 11.7. The molecule has 0 radical (unpaired) electrons. The highest BCUT2D eigenvalue weighted by molar-refractivity contribution is 7.13. The van der Waals surface area contributed by atoms with Gasteiger partial charge in [-0.25, -0.2) is 14.6 Å². The summed E-state index contributed by atoms with van der Waals surface area (Å²) in [5.41, 5.74) is 0.481. The van der Waals surface area contributed by atoms with E-state index in [2.05, 4.69) is 29.5 Å². The van der Waals surface area contributed by atoms with E-state index >= 15 is 0 Å². The quantitative estimate of drug-likeness (QED) is 0.722. The minimum Gasteiger partial charge on any atom is -0.477 e. The summed E-state index contributed by atoms with van der Waals surface area (Å²) in [5.74, 6) is -0.368. The molecule has 0 saturated carbocycles. The Bertz CT molecular complexity index is 500. The molecule has 118 valence electrons. The molecule has 0 spiro atoms. The van der Waals surface area contributed by atoms with Crippen molar-refractivity contribution in [1.29, 1.82) is 0 Å². The Morgan fingerprint density at radius 1 is 1.29 bits per heavy atom. The number of nitrogens with one attached hydrogen (secondary N) is 2. The van der Waals surface area contributed by atoms with Gasteiger partial charge >= 0.3 is 12.0 Å². The van der Waals surface area contributed by atoms with E-state index in [-0.39, 0.29) is 23.5 Å². The summed E-state index contributed by atoms with van der Waals surface area (Å²) >= 11 is 1.09. The number of aromatic carboxylic acids is 1. The van der Waals surface area contributed by atoms with Gasteiger partial charge in [-0.05, 0) is 32.6 Å². The van der Waals surface area contributed by atoms with Crippen molar-refractivity contribution in [2.24, 2.45) is 5.92 Å². The number of carbonyl (C=O) groups excluding carboxylic acids is 1. The zero-order chi connectivity index (χ0) is 16.0. The Morgan fingerprint density at radius 2 is 1.95 bits per heavy atom. The van der Waals surface area contributed by atoms with Gasteiger partial charge in [0.15, 0.2) is 0 Å². The topological polar surface area (TPSA) is 91.3 Å². The van der Waals surface area contributed by atoms with Crippen LogP contribution in [0.1, 0.15) is 54.0 Å². The van der Waals surface area contributed by atoms with Crippen LogP contribution < -0.4 is 10.6 Å². The third kappa shape index (κ3) is 6.12. The predicted molar refractivity (Wildman–Crippen MR) is 82.7 cm³/mol. The second-order valence-electron chi connectivity index (χ2n) is 5.53. The summed E-state index contributed by atoms with van der Waals surface area (Å²) in [5, 5.41) is 15.1. The number of rotatable bonds is 7. The van der Waals surface area contributed by atoms with Crippen molar-refractivity contribution in [3.63, 3.8) is 0 Å². The highest BCUT2D eigenvalue weighted by Crippen LogP contribution is 2.17. The van der Waals surface area contributed by atoms with Crippen LogP contribution in [0.5, 0.6) is 0 Å². The first-order valence-corrected chi connectivity index (χ1v) is 7.85. The average Bonchev–Trinajstić information content (AvgIpc) is 2.75. The number of aryl methyl sites for hydroxylation is 1. The third-order valence-corrected chi connectivity index (χ3v) is 4.14. The van der Waals surface area contributed by atoms with Gasteiger partial charge in [-0.15, -0.1) is 11.3 Å². The van der Waals surface area contributed by atoms with Crippen LogP contribution in [0.4, 0.5) is 4.79 Å². The van der Waals surface area contributed by atoms with Crippen molar-refractivity contribution in [3.05, 3.63) is 15.6 Å². The molecule has 1 rings (SSSR count). The number of hydrogen-bond donors (Lipinski definition) is 3. The molecule has 0 aromatic carbocycles. The van der Waals surface area contributed by atoms with E-state index < -0.39 is 5.97 Å². The first-order valence-electron chi connectivity index (χ1n) is 7.03. The van der Waals surface area contributed by atoms with Crippen LogP contribution in [0.2, 0.25) is 0 Å². The average molecular weight is 313 g/mol. The summed E-state index contributed by atoms with van der Waals surface area (Å²) in [7, 11) is 0. The number of hydrogen-bond acceptors (Lipinski definition) is 4. The lowest BCUT2D eigenvalue weighted by Gasteiger charge is -2.15. The van der Waals surface area contributed by atoms with Gasteiger partial charge in [-0.3, -0.25) is 0 Å². The molecule has 1 aromatic rings. The van der Waals surface area contributed by atoms with Crippen LogP contribution in [0, 0.1) is 12.8 Å². The van der Waals surface area contributed by atoms with Crippen molar-refractivity contribution in [2.45, 2.75) is 53.1 Å². The highest BCUT2D eigenvalue weighted by atomic mass is 32.1. The van der Waals surface area contributed by atoms with E-state index in [0.29, 0.717) is 16.6 Å². The molecule has 3 N–H and O–H groups in total. The standard InChI is InChI=1S/C14H23N3O3S/c1-8(2)5-6-9(3)16-14(20)15-7-11-17-10(4)12(21-11)13(18)19/h8-9H,5-7H2,1-4H3,(H,18,19)(H2,15,16,20). The van der Waals surface area contributed by atoms with Crippen LogP contribution in [0.25, 0.3) is 0 Å². The molecule has 7 heteroatoms. The van der Waals surface area contributed by atoms with Crippen LogP contribution in [-0.4, -0.2) is 28.1 Å². The summed E-state index contributed by atoms with van der Waals surface area (Å²) in [6.07, 6.45) is 2.00. The lowest BCUT2D eigenvalue weighted by Crippen LogP contribution is -2.40. The molecule has 0 fully saturated rings. The maximum Gasteiger partial charge on any atom is 0.347 e. The molecule has 1 heterocycles. The number of carboxylic acids is 1. The van der Waals surface area contributed by atoms with E-state index in [1.165, 1.54) is 0 Å². The number of aromatic nitrogens is 1. The largest absolute Gasteiger partial charge is 0.477 e. The number of nitrogens with zero attached hydrogens (tertiary/aromatic N) is 1. The van der Waals surface area contributed by atoms with E-state index in [1.54, 1.807) is 6.92 Å². The minimum atomic E-state index is -0.983. The zero-order valence-corrected chi connectivity index (χ0v) is 13.7. The summed E-state index contributed by atoms with van der Waals surface area (Å²) in [4.78, 5) is 27.0. The number of amides is 2. The molecule has 0 saturated heterocycles. The van der Waals surface area contributed by atoms with Gasteiger partial charge in [0.25, 0.3) is 0 Å². The lowest BCUT2D eigenvalue weighted by molar-refractivity contribution is 0.0701. The van der Waals surface area contributed by atoms with Gasteiger partial charge in [0, 0.05) is 6.04 Å². The summed E-state index contributed by atoms with van der Waals surface area (Å²) < 4.78 is 0. The Hall–Kier alpha value is -1.63. The minimum absolute atomic E-state index is 0.111. The number of carbonyl (C=O) groups is 2. The molecule has 0 aliphatic rings. The van der Waals surface area contributed by atoms with E-state index in [1.807, 2.05) is 6.92 Å². The summed E-state index contributed by atoms with van der Waals surface area (Å²) in [6, 6.07) is -0.143. The smallest absolute Gasteiger partial charge is 0.347 e. The Balaban J connectivity index is 2.39. The van der Waals surface area contributed by atoms with E-state index in [0.717, 1.165) is 24.2 Å². The first-order chi connectivity index (χ1) is 9.79. The monoisotopic (exact) mass is 313 g/mol. The van der Waals surface area contributed by atoms with Crippen LogP contribution in [0.3, 0.4) is 0 Å². The molecular weight excluding hydrogens is 290 g/mol. The molecule has 0 bridgehead atoms. The normalized spacial score (nSPS) is 12.2. The van der Waals surface area contributed by atoms with Gasteiger partial charge in [0.2, 0.25) is 0 Å². The predicted octanol–water partition coefficient (Wildman–Crippen LogP) is 2.77. The molecule has 6 nitrogen and oxygen atoms in total. The van der Waals surface area contributed by atoms with Gasteiger partial charge in [0.05, 0.1) is 12.2 Å². The fourth-order valence-electron chi connectivity index (χ4n) is 1.81. The van der Waals surface area contributed by atoms with Crippen LogP contribution in [0.15, 0.2) is 0 Å². The second-order valence-corrected chi connectivity index (χ2v) is 6.61. The molecule has 1 atom stereocenters. The zero-order valence-electron chi connectivity index (χ0n) is 12.9. The third-order valence-electron chi connectivity index (χ3n) is 2.99. The SMILES string of the molecule is Cc1nc(CNC(=O)NC(C)CCC(C)C)sc1C(=O)O. The molecule has 0 aliphatic carbocycles. The van der Waals surface area contributed by atoms with Crippen LogP contribution >= 0.6 is 11.3 Å². The summed E-state index contributed by atoms with van der Waals surface area (Å²) in [6.45, 7) is 8.16. The van der Waals surface area contributed by atoms with Gasteiger partial charge in [-0.1, -0.05) is 13.8 Å². The molecule has 1 aromatic heterocycles. The fraction of sp³-hybridized carbons (Fsp3) is 0.643. The van der Waals surface area contributed by atoms with Crippen LogP contribution in [-0.2, 0) is 6.54 Å². The number of carboxylic acid groups (broad SMARTS) is 1. The molecular formula is C14H23N3O3S. The van der Waals surface area contributed by atoms with E-state index in [4.69, 9.17) is 5.11 Å². The molecule has 0 aliphatic heterocycles. The molecule has 1 unspecified atom stereocenters. The maximum absolute atomic E-state index is 11.7. The van der Waals surface area contributed by atoms with Crippen molar-refractivity contribution in [2.75, 3.05) is 0 Å². The molecule has 2 amide bonds. The number of thiazole rings is 1. The van der Waals surface area contributed by atoms with Crippen molar-refractivity contribution in [1.82, 2.24) is 15.6 Å². The molecule has 21 heavy (non-hydrogen) atoms. The van der Waals surface area contributed by atoms with Gasteiger partial charge < -0.3 is 15.7 Å². The lowest BCUT2D eigenvalue weighted by atomic mass is 10.0. The first kappa shape index (κ1) is 17.4. The van der Waals surface area contributed by atoms with Crippen molar-refractivity contribution in [3.8, 4) is 0 Å². The van der Waals surface area contributed by atoms with Gasteiger partial charge in [0.1, 0.15) is 9.88 Å². The second kappa shape index (κ2) is 7.97. The Morgan fingerprint density at radius 3 is 2.48 bits per heavy atom.